The van der Waals surface area contributed by atoms with Crippen molar-refractivity contribution in [2.45, 2.75) is 38.4 Å². The predicted molar refractivity (Wildman–Crippen MR) is 152 cm³/mol. The highest BCUT2D eigenvalue weighted by Crippen LogP contribution is 2.29. The fourth-order valence-corrected chi connectivity index (χ4v) is 5.78. The van der Waals surface area contributed by atoms with Gasteiger partial charge in [-0.15, -0.1) is 0 Å². The number of rotatable bonds is 7. The molecular formula is C28H29BrF2N6O3. The van der Waals surface area contributed by atoms with E-state index in [9.17, 15) is 18.4 Å². The first kappa shape index (κ1) is 27.8. The number of carbonyl (C=O) groups excluding carboxylic acids is 1. The van der Waals surface area contributed by atoms with Gasteiger partial charge in [0.2, 0.25) is 11.9 Å². The molecule has 1 saturated heterocycles. The number of benzene rings is 2. The number of aromatic nitrogens is 4. The Morgan fingerprint density at radius 2 is 1.90 bits per heavy atom. The lowest BCUT2D eigenvalue weighted by molar-refractivity contribution is -0.131. The van der Waals surface area contributed by atoms with Gasteiger partial charge in [0.1, 0.15) is 5.75 Å². The standard InChI is InChI=1S/C28H29BrF2N6O3/c1-17-15-35(9-10-36(17)18(2)38)28-32-13-21(14-33-28)19-7-8-22-24(11-19)37(34(3)26(22)39)16-23-20(12-29)5-4-6-25(23)40-27(30)31/h4-8,11,13-14,17,27H,9-10,12,15-16H2,1-3H3/t17-/m1/s1. The van der Waals surface area contributed by atoms with Gasteiger partial charge < -0.3 is 14.5 Å². The third-order valence-corrected chi connectivity index (χ3v) is 7.95. The van der Waals surface area contributed by atoms with E-state index in [1.807, 2.05) is 30.0 Å². The minimum absolute atomic E-state index is 0.0617. The van der Waals surface area contributed by atoms with Gasteiger partial charge in [0, 0.05) is 68.5 Å². The van der Waals surface area contributed by atoms with Crippen LogP contribution in [0.4, 0.5) is 14.7 Å². The molecule has 12 heteroatoms. The molecule has 0 aliphatic carbocycles. The van der Waals surface area contributed by atoms with Crippen molar-refractivity contribution in [2.24, 2.45) is 7.05 Å². The highest BCUT2D eigenvalue weighted by atomic mass is 79.9. The molecule has 1 fully saturated rings. The lowest BCUT2D eigenvalue weighted by Gasteiger charge is -2.39. The van der Waals surface area contributed by atoms with Crippen molar-refractivity contribution >= 4 is 38.7 Å². The third-order valence-electron chi connectivity index (χ3n) is 7.35. The van der Waals surface area contributed by atoms with Gasteiger partial charge in [-0.05, 0) is 36.2 Å². The second-order valence-electron chi connectivity index (χ2n) is 9.80. The lowest BCUT2D eigenvalue weighted by atomic mass is 10.1. The van der Waals surface area contributed by atoms with E-state index in [1.165, 1.54) is 10.7 Å². The molecule has 0 radical (unpaired) electrons. The van der Waals surface area contributed by atoms with Crippen LogP contribution in [0.5, 0.6) is 5.75 Å². The predicted octanol–water partition coefficient (Wildman–Crippen LogP) is 4.40. The Morgan fingerprint density at radius 3 is 2.55 bits per heavy atom. The fourth-order valence-electron chi connectivity index (χ4n) is 5.25. The number of fused-ring (bicyclic) bond motifs is 1. The molecule has 0 N–H and O–H groups in total. The number of nitrogens with zero attached hydrogens (tertiary/aromatic N) is 6. The molecule has 4 aromatic rings. The van der Waals surface area contributed by atoms with Crippen molar-refractivity contribution in [3.8, 4) is 16.9 Å². The summed E-state index contributed by atoms with van der Waals surface area (Å²) < 4.78 is 34.3. The van der Waals surface area contributed by atoms with Crippen LogP contribution < -0.4 is 15.2 Å². The summed E-state index contributed by atoms with van der Waals surface area (Å²) in [6, 6.07) is 10.5. The maximum atomic E-state index is 13.1. The molecule has 0 saturated carbocycles. The van der Waals surface area contributed by atoms with Crippen LogP contribution in [0, 0.1) is 0 Å². The Balaban J connectivity index is 1.47. The van der Waals surface area contributed by atoms with Crippen molar-refractivity contribution in [3.05, 3.63) is 70.3 Å². The van der Waals surface area contributed by atoms with Gasteiger partial charge in [0.15, 0.2) is 0 Å². The average molecular weight is 615 g/mol. The molecule has 0 bridgehead atoms. The van der Waals surface area contributed by atoms with Gasteiger partial charge in [-0.2, -0.15) is 8.78 Å². The van der Waals surface area contributed by atoms with Crippen molar-refractivity contribution in [2.75, 3.05) is 24.5 Å². The highest BCUT2D eigenvalue weighted by Gasteiger charge is 2.26. The van der Waals surface area contributed by atoms with Crippen LogP contribution in [0.3, 0.4) is 0 Å². The number of piperazine rings is 1. The van der Waals surface area contributed by atoms with E-state index in [2.05, 4.69) is 30.8 Å². The van der Waals surface area contributed by atoms with Gasteiger partial charge >= 0.3 is 6.61 Å². The molecule has 9 nitrogen and oxygen atoms in total. The quantitative estimate of drug-likeness (QED) is 0.287. The summed E-state index contributed by atoms with van der Waals surface area (Å²) in [5.41, 5.74) is 3.38. The largest absolute Gasteiger partial charge is 0.434 e. The number of ether oxygens (including phenoxy) is 1. The van der Waals surface area contributed by atoms with Crippen LogP contribution in [0.25, 0.3) is 22.0 Å². The Morgan fingerprint density at radius 1 is 1.15 bits per heavy atom. The summed E-state index contributed by atoms with van der Waals surface area (Å²) in [7, 11) is 1.65. The van der Waals surface area contributed by atoms with Crippen LogP contribution in [-0.4, -0.2) is 62.4 Å². The van der Waals surface area contributed by atoms with E-state index in [1.54, 1.807) is 43.2 Å². The summed E-state index contributed by atoms with van der Waals surface area (Å²) in [5.74, 6) is 0.723. The maximum absolute atomic E-state index is 13.1. The fraction of sp³-hybridized carbons (Fsp3) is 0.357. The van der Waals surface area contributed by atoms with E-state index in [-0.39, 0.29) is 29.8 Å². The second-order valence-corrected chi connectivity index (χ2v) is 10.4. The molecule has 1 aliphatic heterocycles. The van der Waals surface area contributed by atoms with Crippen molar-refractivity contribution < 1.29 is 18.3 Å². The van der Waals surface area contributed by atoms with Crippen LogP contribution in [0.1, 0.15) is 25.0 Å². The van der Waals surface area contributed by atoms with Crippen LogP contribution in [-0.2, 0) is 23.7 Å². The Bertz CT molecular complexity index is 1600. The van der Waals surface area contributed by atoms with Gasteiger partial charge in [-0.1, -0.05) is 34.1 Å². The molecular weight excluding hydrogens is 586 g/mol. The molecule has 3 heterocycles. The number of halogens is 3. The molecule has 2 aromatic carbocycles. The lowest BCUT2D eigenvalue weighted by Crippen LogP contribution is -2.53. The number of amides is 1. The molecule has 0 spiro atoms. The minimum Gasteiger partial charge on any atom is -0.434 e. The second kappa shape index (κ2) is 11.4. The Labute approximate surface area is 238 Å². The Kier molecular flexibility index (Phi) is 7.88. The summed E-state index contributed by atoms with van der Waals surface area (Å²) in [4.78, 5) is 37.9. The van der Waals surface area contributed by atoms with Crippen molar-refractivity contribution in [3.63, 3.8) is 0 Å². The summed E-state index contributed by atoms with van der Waals surface area (Å²) in [6.07, 6.45) is 3.48. The normalized spacial score (nSPS) is 15.7. The first-order valence-electron chi connectivity index (χ1n) is 12.8. The molecule has 0 unspecified atom stereocenters. The monoisotopic (exact) mass is 614 g/mol. The van der Waals surface area contributed by atoms with Gasteiger partial charge in [-0.3, -0.25) is 19.0 Å². The van der Waals surface area contributed by atoms with Crippen LogP contribution >= 0.6 is 15.9 Å². The molecule has 210 valence electrons. The zero-order valence-corrected chi connectivity index (χ0v) is 23.9. The van der Waals surface area contributed by atoms with Crippen molar-refractivity contribution in [1.82, 2.24) is 24.2 Å². The van der Waals surface area contributed by atoms with Gasteiger partial charge in [0.05, 0.1) is 17.4 Å². The maximum Gasteiger partial charge on any atom is 0.387 e. The van der Waals surface area contributed by atoms with Crippen LogP contribution in [0.2, 0.25) is 0 Å². The third kappa shape index (κ3) is 5.32. The molecule has 5 rings (SSSR count). The molecule has 40 heavy (non-hydrogen) atoms. The van der Waals surface area contributed by atoms with Crippen LogP contribution in [0.15, 0.2) is 53.6 Å². The smallest absolute Gasteiger partial charge is 0.387 e. The van der Waals surface area contributed by atoms with Crippen molar-refractivity contribution in [1.29, 1.82) is 0 Å². The summed E-state index contributed by atoms with van der Waals surface area (Å²) in [6.45, 7) is 2.69. The van der Waals surface area contributed by atoms with E-state index in [0.717, 1.165) is 16.7 Å². The average Bonchev–Trinajstić information content (AvgIpc) is 3.17. The van der Waals surface area contributed by atoms with Gasteiger partial charge in [0.25, 0.3) is 5.56 Å². The first-order valence-corrected chi connectivity index (χ1v) is 14.0. The Hall–Kier alpha value is -3.80. The molecule has 1 aliphatic rings. The molecule has 1 atom stereocenters. The summed E-state index contributed by atoms with van der Waals surface area (Å²) in [5, 5.41) is 0.946. The number of carbonyl (C=O) groups is 1. The number of hydrogen-bond donors (Lipinski definition) is 0. The summed E-state index contributed by atoms with van der Waals surface area (Å²) >= 11 is 3.43. The van der Waals surface area contributed by atoms with Gasteiger partial charge in [-0.25, -0.2) is 9.97 Å². The molecule has 2 aromatic heterocycles. The van der Waals surface area contributed by atoms with E-state index < -0.39 is 6.61 Å². The minimum atomic E-state index is -2.97. The zero-order chi connectivity index (χ0) is 28.6. The highest BCUT2D eigenvalue weighted by molar-refractivity contribution is 9.08. The zero-order valence-electron chi connectivity index (χ0n) is 22.4. The number of anilines is 1. The van der Waals surface area contributed by atoms with E-state index in [0.29, 0.717) is 47.4 Å². The topological polar surface area (TPSA) is 85.5 Å². The number of hydrogen-bond acceptors (Lipinski definition) is 6. The van der Waals surface area contributed by atoms with E-state index in [4.69, 9.17) is 4.74 Å². The van der Waals surface area contributed by atoms with E-state index >= 15 is 0 Å². The number of alkyl halides is 3. The molecule has 1 amide bonds. The SMILES string of the molecule is CC(=O)N1CCN(c2ncc(-c3ccc4c(=O)n(C)n(Cc5c(CBr)cccc5OC(F)F)c4c3)cn2)C[C@H]1C. The first-order chi connectivity index (χ1) is 19.2.